The summed E-state index contributed by atoms with van der Waals surface area (Å²) in [5.74, 6) is -1.12. The summed E-state index contributed by atoms with van der Waals surface area (Å²) in [6.07, 6.45) is 1.99. The zero-order chi connectivity index (χ0) is 21.6. The number of carbonyl (C=O) groups is 2. The minimum Gasteiger partial charge on any atom is -0.733 e. The molecule has 1 N–H and O–H groups in total. The van der Waals surface area contributed by atoms with Gasteiger partial charge in [0.25, 0.3) is 5.91 Å². The molecule has 0 heterocycles. The van der Waals surface area contributed by atoms with Crippen LogP contribution in [0.25, 0.3) is 0 Å². The number of likely N-dealkylation sites (N-methyl/N-ethyl adjacent to an activating group) is 1. The van der Waals surface area contributed by atoms with Crippen LogP contribution in [0.1, 0.15) is 15.9 Å². The van der Waals surface area contributed by atoms with E-state index < -0.39 is 12.6 Å². The molecular formula is C20H24N3O5S-. The minimum atomic E-state index is -0.761. The Bertz CT molecular complexity index is 856. The number of anilines is 2. The highest BCUT2D eigenvalue weighted by molar-refractivity contribution is 7.98. The number of hydrogen-bond donors (Lipinski definition) is 1. The second-order valence-electron chi connectivity index (χ2n) is 6.54. The van der Waals surface area contributed by atoms with E-state index >= 15 is 0 Å². The molecule has 0 saturated carbocycles. The first kappa shape index (κ1) is 22.5. The molecule has 1 amide bonds. The summed E-state index contributed by atoms with van der Waals surface area (Å²) in [5.41, 5.74) is 1.42. The molecule has 9 heteroatoms. The topological polar surface area (TPSA) is 96.4 Å². The predicted molar refractivity (Wildman–Crippen MR) is 113 cm³/mol. The number of nitrogens with zero attached hydrogens (tertiary/aromatic N) is 3. The van der Waals surface area contributed by atoms with Crippen LogP contribution in [0, 0.1) is 5.21 Å². The number of hydrogen-bond acceptors (Lipinski definition) is 8. The van der Waals surface area contributed by atoms with Gasteiger partial charge < -0.3 is 25.0 Å². The molecule has 2 aromatic rings. The van der Waals surface area contributed by atoms with Crippen molar-refractivity contribution in [2.75, 3.05) is 44.1 Å². The van der Waals surface area contributed by atoms with Crippen LogP contribution in [0.2, 0.25) is 0 Å². The van der Waals surface area contributed by atoms with Gasteiger partial charge in [-0.3, -0.25) is 10.0 Å². The molecular weight excluding hydrogens is 394 g/mol. The van der Waals surface area contributed by atoms with Gasteiger partial charge in [0.05, 0.1) is 16.9 Å². The Labute approximate surface area is 174 Å². The molecule has 0 radical (unpaired) electrons. The monoisotopic (exact) mass is 418 g/mol. The van der Waals surface area contributed by atoms with Gasteiger partial charge in [0, 0.05) is 32.6 Å². The highest BCUT2D eigenvalue weighted by atomic mass is 32.2. The lowest BCUT2D eigenvalue weighted by Crippen LogP contribution is -2.31. The fourth-order valence-corrected chi connectivity index (χ4v) is 3.01. The fraction of sp³-hybridized carbons (Fsp3) is 0.300. The van der Waals surface area contributed by atoms with Crippen LogP contribution in [0.15, 0.2) is 47.4 Å². The first-order valence-electron chi connectivity index (χ1n) is 8.74. The lowest BCUT2D eigenvalue weighted by Gasteiger charge is -2.24. The Morgan fingerprint density at radius 3 is 2.31 bits per heavy atom. The Kier molecular flexibility index (Phi) is 7.89. The van der Waals surface area contributed by atoms with Gasteiger partial charge in [-0.15, -0.1) is 11.8 Å². The average Bonchev–Trinajstić information content (AvgIpc) is 2.71. The van der Waals surface area contributed by atoms with Gasteiger partial charge in [0.15, 0.2) is 6.61 Å². The van der Waals surface area contributed by atoms with Crippen LogP contribution in [-0.2, 0) is 16.1 Å². The van der Waals surface area contributed by atoms with Crippen LogP contribution in [0.5, 0.6) is 0 Å². The van der Waals surface area contributed by atoms with Crippen LogP contribution in [0.3, 0.4) is 0 Å². The van der Waals surface area contributed by atoms with Crippen molar-refractivity contribution in [3.05, 3.63) is 58.8 Å². The molecule has 0 bridgehead atoms. The van der Waals surface area contributed by atoms with E-state index in [0.29, 0.717) is 12.2 Å². The van der Waals surface area contributed by atoms with Crippen molar-refractivity contribution in [3.63, 3.8) is 0 Å². The SMILES string of the molecule is CSc1ccc(CN(C)C(=O)COC(=O)c2cc(N([O-])O)ccc2N(C)C)cc1. The van der Waals surface area contributed by atoms with Crippen molar-refractivity contribution in [2.45, 2.75) is 11.4 Å². The lowest BCUT2D eigenvalue weighted by atomic mass is 10.1. The highest BCUT2D eigenvalue weighted by Gasteiger charge is 2.18. The number of carbonyl (C=O) groups excluding carboxylic acids is 2. The average molecular weight is 418 g/mol. The van der Waals surface area contributed by atoms with Crippen molar-refractivity contribution in [1.29, 1.82) is 0 Å². The van der Waals surface area contributed by atoms with E-state index in [1.165, 1.54) is 23.1 Å². The lowest BCUT2D eigenvalue weighted by molar-refractivity contribution is -0.133. The summed E-state index contributed by atoms with van der Waals surface area (Å²) in [7, 11) is 5.08. The first-order valence-corrected chi connectivity index (χ1v) is 9.97. The summed E-state index contributed by atoms with van der Waals surface area (Å²) in [5, 5.41) is 19.9. The first-order chi connectivity index (χ1) is 13.7. The molecule has 0 aliphatic carbocycles. The molecule has 0 spiro atoms. The van der Waals surface area contributed by atoms with Gasteiger partial charge in [-0.05, 0) is 42.2 Å². The normalized spacial score (nSPS) is 10.4. The summed E-state index contributed by atoms with van der Waals surface area (Å²) >= 11 is 1.64. The molecule has 0 aliphatic heterocycles. The summed E-state index contributed by atoms with van der Waals surface area (Å²) in [6, 6.07) is 12.0. The Morgan fingerprint density at radius 2 is 1.76 bits per heavy atom. The third-order valence-corrected chi connectivity index (χ3v) is 4.98. The number of thioether (sulfide) groups is 1. The van der Waals surface area contributed by atoms with E-state index in [1.807, 2.05) is 30.5 Å². The van der Waals surface area contributed by atoms with E-state index in [9.17, 15) is 14.8 Å². The minimum absolute atomic E-state index is 0.0745. The van der Waals surface area contributed by atoms with Gasteiger partial charge in [0.1, 0.15) is 0 Å². The molecule has 156 valence electrons. The third kappa shape index (κ3) is 6.11. The standard InChI is InChI=1S/C20H24N3O5S/c1-21(2)18-10-7-15(23(26)27)11-17(18)20(25)28-13-19(24)22(3)12-14-5-8-16(29-4)9-6-14/h5-11,26H,12-13H2,1-4H3/q-1. The Morgan fingerprint density at radius 1 is 1.10 bits per heavy atom. The van der Waals surface area contributed by atoms with Crippen molar-refractivity contribution >= 4 is 35.0 Å². The maximum atomic E-state index is 12.5. The zero-order valence-electron chi connectivity index (χ0n) is 16.8. The smallest absolute Gasteiger partial charge is 0.340 e. The maximum absolute atomic E-state index is 12.5. The van der Waals surface area contributed by atoms with Crippen LogP contribution < -0.4 is 10.1 Å². The number of rotatable bonds is 8. The molecule has 29 heavy (non-hydrogen) atoms. The van der Waals surface area contributed by atoms with Crippen molar-refractivity contribution in [2.24, 2.45) is 0 Å². The van der Waals surface area contributed by atoms with Gasteiger partial charge in [-0.1, -0.05) is 12.1 Å². The quantitative estimate of drug-likeness (QED) is 0.397. The number of esters is 1. The van der Waals surface area contributed by atoms with Gasteiger partial charge in [-0.2, -0.15) is 0 Å². The van der Waals surface area contributed by atoms with Crippen molar-refractivity contribution in [1.82, 2.24) is 4.90 Å². The highest BCUT2D eigenvalue weighted by Crippen LogP contribution is 2.25. The molecule has 0 fully saturated rings. The Balaban J connectivity index is 2.01. The summed E-state index contributed by atoms with van der Waals surface area (Å²) in [4.78, 5) is 29.1. The predicted octanol–water partition coefficient (Wildman–Crippen LogP) is 2.98. The largest absolute Gasteiger partial charge is 0.733 e. The molecule has 2 rings (SSSR count). The summed E-state index contributed by atoms with van der Waals surface area (Å²) < 4.78 is 5.15. The molecule has 0 saturated heterocycles. The van der Waals surface area contributed by atoms with Gasteiger partial charge in [0.2, 0.25) is 0 Å². The second kappa shape index (κ2) is 10.1. The number of ether oxygens (including phenoxy) is 1. The maximum Gasteiger partial charge on any atom is 0.340 e. The Hall–Kier alpha value is -2.75. The molecule has 0 aliphatic rings. The van der Waals surface area contributed by atoms with E-state index in [4.69, 9.17) is 9.94 Å². The number of benzene rings is 2. The van der Waals surface area contributed by atoms with E-state index in [-0.39, 0.29) is 22.4 Å². The molecule has 0 unspecified atom stereocenters. The van der Waals surface area contributed by atoms with E-state index in [2.05, 4.69) is 0 Å². The molecule has 2 aromatic carbocycles. The van der Waals surface area contributed by atoms with Crippen LogP contribution in [0.4, 0.5) is 11.4 Å². The fourth-order valence-electron chi connectivity index (χ4n) is 2.60. The second-order valence-corrected chi connectivity index (χ2v) is 7.42. The molecule has 8 nitrogen and oxygen atoms in total. The van der Waals surface area contributed by atoms with E-state index in [0.717, 1.165) is 10.5 Å². The van der Waals surface area contributed by atoms with Crippen molar-refractivity contribution < 1.29 is 19.5 Å². The van der Waals surface area contributed by atoms with Crippen LogP contribution in [-0.4, -0.2) is 56.0 Å². The van der Waals surface area contributed by atoms with Crippen LogP contribution >= 0.6 is 11.8 Å². The number of amides is 1. The zero-order valence-corrected chi connectivity index (χ0v) is 17.6. The molecule has 0 aromatic heterocycles. The molecule has 0 atom stereocenters. The van der Waals surface area contributed by atoms with Crippen molar-refractivity contribution in [3.8, 4) is 0 Å². The third-order valence-electron chi connectivity index (χ3n) is 4.23. The summed E-state index contributed by atoms with van der Waals surface area (Å²) in [6.45, 7) is -0.0470. The van der Waals surface area contributed by atoms with Gasteiger partial charge >= 0.3 is 5.97 Å². The van der Waals surface area contributed by atoms with Gasteiger partial charge in [-0.25, -0.2) is 4.79 Å². The van der Waals surface area contributed by atoms with E-state index in [1.54, 1.807) is 37.8 Å².